The van der Waals surface area contributed by atoms with E-state index in [1.807, 2.05) is 24.3 Å². The summed E-state index contributed by atoms with van der Waals surface area (Å²) in [5, 5.41) is 47.8. The molecule has 4 amide bonds. The second-order valence-corrected chi connectivity index (χ2v) is 39.2. The first-order chi connectivity index (χ1) is 65.1. The number of phenols is 1. The lowest BCUT2D eigenvalue weighted by molar-refractivity contribution is -0.384. The van der Waals surface area contributed by atoms with Crippen molar-refractivity contribution in [1.29, 1.82) is 5.41 Å². The summed E-state index contributed by atoms with van der Waals surface area (Å²) in [6, 6.07) is 41.5. The lowest BCUT2D eigenvalue weighted by Gasteiger charge is -2.56. The number of aliphatic carboxylic acids is 2. The molecule has 8 aliphatic carbocycles. The SMILES string of the molecule is CC(C)Cc1ccc(O)cc1.CC(C)Cc1ccc(OCCCC(=O)N=C(N)N)cc1.CCCCBr.CCCCOc1ccc(CC(C)C)cc1.N=C(N)N.NC(N)=NC(=O)CCCOc1ccc(C[C@H](N)C(=O)O)cc1.NC(N)=NC(=O)CCCOc1ccc(C[C@H](NC(=O)OCC23CC4CC5CC(C2)C5(C4)C3)C(=O)O)cc1.O=C(OCC12CC3CC(CC(C3)C1)C2)c1ccc([N+](=O)[O-])cc1. The van der Waals surface area contributed by atoms with E-state index in [4.69, 9.17) is 84.2 Å². The van der Waals surface area contributed by atoms with E-state index in [2.05, 4.69) is 139 Å². The number of fused-ring (bicyclic) bond motifs is 2. The maximum atomic E-state index is 12.6. The monoisotopic (exact) mass is 1960 g/mol. The number of nitro benzene ring substituents is 1. The van der Waals surface area contributed by atoms with Gasteiger partial charge in [-0.05, 0) is 294 Å². The van der Waals surface area contributed by atoms with E-state index >= 15 is 0 Å². The Kier molecular flexibility index (Phi) is 48.5. The van der Waals surface area contributed by atoms with Crippen LogP contribution in [0.1, 0.15) is 235 Å². The number of halogens is 1. The second-order valence-electron chi connectivity index (χ2n) is 38.4. The van der Waals surface area contributed by atoms with Gasteiger partial charge in [0.05, 0.1) is 50.1 Å². The summed E-state index contributed by atoms with van der Waals surface area (Å²) in [7, 11) is 0. The highest BCUT2D eigenvalue weighted by Crippen LogP contribution is 2.79. The summed E-state index contributed by atoms with van der Waals surface area (Å²) >= 11 is 3.31. The number of benzene rings is 6. The molecule has 23 N–H and O–H groups in total. The average molecular weight is 1970 g/mol. The highest BCUT2D eigenvalue weighted by atomic mass is 79.9. The Balaban J connectivity index is 0.000000256. The van der Waals surface area contributed by atoms with Crippen LogP contribution in [-0.2, 0) is 65.6 Å². The molecule has 7 atom stereocenters. The summed E-state index contributed by atoms with van der Waals surface area (Å²) < 4.78 is 33.5. The number of carbonyl (C=O) groups is 7. The number of hydrogen-bond donors (Lipinski definition) is 14. The predicted molar refractivity (Wildman–Crippen MR) is 537 cm³/mol. The lowest BCUT2D eigenvalue weighted by Crippen LogP contribution is -2.48. The van der Waals surface area contributed by atoms with Gasteiger partial charge in [0, 0.05) is 54.0 Å². The van der Waals surface area contributed by atoms with Crippen molar-refractivity contribution >= 4 is 87.2 Å². The van der Waals surface area contributed by atoms with Crippen LogP contribution >= 0.6 is 15.9 Å². The summed E-state index contributed by atoms with van der Waals surface area (Å²) in [4.78, 5) is 102. The van der Waals surface area contributed by atoms with Gasteiger partial charge in [0.2, 0.25) is 17.7 Å². The first-order valence-electron chi connectivity index (χ1n) is 47.8. The fourth-order valence-electron chi connectivity index (χ4n) is 19.6. The fourth-order valence-corrected chi connectivity index (χ4v) is 20.2. The zero-order valence-corrected chi connectivity index (χ0v) is 82.7. The molecular weight excluding hydrogens is 1820 g/mol. The number of unbranched alkanes of at least 4 members (excludes halogenated alkanes) is 2. The Labute approximate surface area is 815 Å². The number of rotatable bonds is 40. The number of hydrogen-bond acceptors (Lipinski definition) is 18. The van der Waals surface area contributed by atoms with Crippen LogP contribution in [0.5, 0.6) is 28.7 Å². The quantitative estimate of drug-likeness (QED) is 0.00323. The molecule has 6 aromatic rings. The Morgan fingerprint density at radius 1 is 0.467 bits per heavy atom. The van der Waals surface area contributed by atoms with Gasteiger partial charge in [-0.15, -0.1) is 0 Å². The second kappa shape index (κ2) is 58.5. The number of non-ortho nitro benzene ring substituents is 1. The molecule has 0 aliphatic heterocycles. The highest BCUT2D eigenvalue weighted by Gasteiger charge is 2.71. The number of nitrogens with one attached hydrogen (secondary N) is 2. The van der Waals surface area contributed by atoms with Crippen LogP contribution in [0.4, 0.5) is 10.5 Å². The molecule has 34 heteroatoms. The van der Waals surface area contributed by atoms with Crippen molar-refractivity contribution < 1.29 is 82.2 Å². The number of guanidine groups is 4. The van der Waals surface area contributed by atoms with Gasteiger partial charge in [0.25, 0.3) is 5.69 Å². The molecule has 5 unspecified atom stereocenters. The number of nitro groups is 1. The van der Waals surface area contributed by atoms with Crippen LogP contribution < -0.4 is 75.9 Å². The maximum absolute atomic E-state index is 12.6. The predicted octanol–water partition coefficient (Wildman–Crippen LogP) is 15.7. The number of nitrogens with two attached hydrogens (primary N) is 9. The molecule has 33 nitrogen and oxygen atoms in total. The van der Waals surface area contributed by atoms with Crippen molar-refractivity contribution in [2.75, 3.05) is 45.0 Å². The first-order valence-corrected chi connectivity index (χ1v) is 49.0. The number of carbonyl (C=O) groups excluding carboxylic acids is 5. The van der Waals surface area contributed by atoms with E-state index in [1.165, 1.54) is 124 Å². The van der Waals surface area contributed by atoms with Gasteiger partial charge in [-0.2, -0.15) is 15.0 Å². The van der Waals surface area contributed by atoms with Gasteiger partial charge in [0.1, 0.15) is 40.8 Å². The number of nitrogens with zero attached hydrogens (tertiary/aromatic N) is 4. The molecule has 0 radical (unpaired) electrons. The van der Waals surface area contributed by atoms with Gasteiger partial charge in [-0.3, -0.25) is 34.7 Å². The van der Waals surface area contributed by atoms with Crippen molar-refractivity contribution in [3.05, 3.63) is 189 Å². The number of aromatic hydroxyl groups is 1. The number of carboxylic acid groups (broad SMARTS) is 2. The van der Waals surface area contributed by atoms with Crippen LogP contribution in [0, 0.1) is 85.0 Å². The van der Waals surface area contributed by atoms with E-state index in [0.717, 1.165) is 115 Å². The summed E-state index contributed by atoms with van der Waals surface area (Å²) in [6.45, 7) is 20.4. The van der Waals surface area contributed by atoms with Gasteiger partial charge >= 0.3 is 24.0 Å². The number of amides is 4. The molecule has 8 aliphatic rings. The van der Waals surface area contributed by atoms with E-state index in [-0.39, 0.29) is 90.2 Å². The minimum Gasteiger partial charge on any atom is -0.508 e. The first kappa shape index (κ1) is 114. The Morgan fingerprint density at radius 2 is 0.832 bits per heavy atom. The number of ether oxygens (including phenoxy) is 6. The Bertz CT molecular complexity index is 4780. The van der Waals surface area contributed by atoms with E-state index in [0.29, 0.717) is 92.4 Å². The Morgan fingerprint density at radius 3 is 1.18 bits per heavy atom. The molecule has 752 valence electrons. The van der Waals surface area contributed by atoms with Crippen LogP contribution in [0.3, 0.4) is 0 Å². The summed E-state index contributed by atoms with van der Waals surface area (Å²) in [5.41, 5.74) is 51.9. The third-order valence-electron chi connectivity index (χ3n) is 24.9. The molecule has 6 aromatic carbocycles. The number of esters is 1. The maximum Gasteiger partial charge on any atom is 0.407 e. The zero-order valence-electron chi connectivity index (χ0n) is 81.1. The van der Waals surface area contributed by atoms with Gasteiger partial charge in [-0.1, -0.05) is 145 Å². The molecule has 8 fully saturated rings. The molecule has 8 saturated carbocycles. The normalized spacial score (nSPS) is 20.0. The molecule has 14 rings (SSSR count). The van der Waals surface area contributed by atoms with E-state index < -0.39 is 40.9 Å². The van der Waals surface area contributed by atoms with Crippen LogP contribution in [0.2, 0.25) is 0 Å². The van der Waals surface area contributed by atoms with Gasteiger partial charge in [-0.25, -0.2) is 14.4 Å². The largest absolute Gasteiger partial charge is 0.508 e. The molecule has 0 aromatic heterocycles. The lowest BCUT2D eigenvalue weighted by atomic mass is 9.50. The number of alkyl halides is 1. The molecular formula is C103H150BrN15O18. The number of phenolic OH excluding ortho intramolecular Hbond substituents is 1. The summed E-state index contributed by atoms with van der Waals surface area (Å²) in [5.74, 6) is 5.69. The van der Waals surface area contributed by atoms with Crippen molar-refractivity contribution in [3.63, 3.8) is 0 Å². The van der Waals surface area contributed by atoms with Crippen LogP contribution in [0.25, 0.3) is 0 Å². The topological polar surface area (TPSA) is 586 Å². The van der Waals surface area contributed by atoms with Crippen molar-refractivity contribution in [3.8, 4) is 28.7 Å². The Hall–Kier alpha value is -12.1. The number of aliphatic imine (C=N–C) groups is 3. The molecule has 0 saturated heterocycles. The smallest absolute Gasteiger partial charge is 0.407 e. The fraction of sp³-hybridized carbons (Fsp3) is 0.544. The van der Waals surface area contributed by atoms with E-state index in [9.17, 15) is 48.8 Å². The van der Waals surface area contributed by atoms with Crippen LogP contribution in [0.15, 0.2) is 161 Å². The zero-order chi connectivity index (χ0) is 101. The minimum absolute atomic E-state index is 0.0114. The standard InChI is InChI=1S/C27H36N4O6.C18H21NO4.C15H23N3O2.C14H20N4O4.C14H22O.C10H14O.C4H9Br.CH5N3/c28-24(29)31-22(32)2-1-7-36-20-5-3-16(4-6-20)9-21(23(33)34)30-25(35)37-15-26-11-17-8-18-10-19(13-26)27(18,12-17)14-26;20-17(15-1-3-16(4-2-15)19(21)22)23-11-18-8-12-5-13(9-18)7-14(6-12)10-18;1-11(2)10-12-5-7-13(8-6-12)20-9-3-4-14(19)18-15(16)17;15-11(13(20)21)8-9-3-5-10(6-4-9)22-7-1-2-12(19)18-14(16)17;1-4-5-10-15-14-8-6-13(7-9-14)11-12(2)3;1-8(2)7-9-3-5-10(11)6-4-9;1-2-3-4-5;2-1(3)4/h3-6,17-19,21H,1-2,7-15H2,(H,30,35)(H,33,34)(H4,28,29,31,32);1-4,12-14H,5-11H2;5-8,11H,3-4,9-10H2,1-2H3,(H4,16,17,18,19);3-6,11H,1-2,7-8,15H2,(H,20,21)(H4,16,17,18,19);6-9,12H,4-5,10-11H2,1-3H3;3-6,8,11H,7H2,1-2H3;2-4H2,1H3;(H5,2,3,4)/t17?,18?,19?,21-,26?,27?;;;11-;;;;/m0..0..../s1. The van der Waals surface area contributed by atoms with Gasteiger partial charge in [0.15, 0.2) is 23.8 Å². The third kappa shape index (κ3) is 42.6. The minimum atomic E-state index is -1.11. The number of alkyl carbamates (subject to hydrolysis) is 1. The van der Waals surface area contributed by atoms with E-state index in [1.54, 1.807) is 60.7 Å². The van der Waals surface area contributed by atoms with Crippen molar-refractivity contribution in [2.45, 2.75) is 241 Å². The molecule has 0 heterocycles. The highest BCUT2D eigenvalue weighted by molar-refractivity contribution is 9.09. The molecule has 137 heavy (non-hydrogen) atoms. The van der Waals surface area contributed by atoms with Crippen LogP contribution in [-0.4, -0.2) is 143 Å². The van der Waals surface area contributed by atoms with Gasteiger partial charge < -0.3 is 101 Å². The number of carboxylic acids is 2. The molecule has 1 spiro atoms. The van der Waals surface area contributed by atoms with Crippen molar-refractivity contribution in [1.82, 2.24) is 5.32 Å². The average Bonchev–Trinajstić information content (AvgIpc) is 1.51. The molecule has 7 bridgehead atoms. The third-order valence-corrected chi connectivity index (χ3v) is 25.4. The summed E-state index contributed by atoms with van der Waals surface area (Å²) in [6.07, 6.45) is 25.3. The van der Waals surface area contributed by atoms with Crippen molar-refractivity contribution in [2.24, 2.45) is 136 Å².